The van der Waals surface area contributed by atoms with Gasteiger partial charge in [-0.25, -0.2) is 0 Å². The van der Waals surface area contributed by atoms with Crippen LogP contribution in [0.1, 0.15) is 32.3 Å². The smallest absolute Gasteiger partial charge is 0.305 e. The van der Waals surface area contributed by atoms with E-state index in [-0.39, 0.29) is 24.8 Å². The van der Waals surface area contributed by atoms with Crippen molar-refractivity contribution in [2.24, 2.45) is 5.92 Å². The summed E-state index contributed by atoms with van der Waals surface area (Å²) in [5.74, 6) is -0.662. The number of amides is 1. The Labute approximate surface area is 114 Å². The Balaban J connectivity index is 2.95. The van der Waals surface area contributed by atoms with Gasteiger partial charge in [0.1, 0.15) is 0 Å². The van der Waals surface area contributed by atoms with Crippen molar-refractivity contribution in [1.82, 2.24) is 0 Å². The first-order chi connectivity index (χ1) is 8.91. The molecule has 0 saturated carbocycles. The molecule has 0 spiro atoms. The van der Waals surface area contributed by atoms with Gasteiger partial charge in [-0.1, -0.05) is 32.0 Å². The van der Waals surface area contributed by atoms with Crippen molar-refractivity contribution in [1.29, 1.82) is 0 Å². The van der Waals surface area contributed by atoms with E-state index in [0.29, 0.717) is 6.42 Å². The molecular formula is C15H21NO3. The molecule has 0 aliphatic carbocycles. The van der Waals surface area contributed by atoms with Crippen molar-refractivity contribution in [2.75, 3.05) is 11.4 Å². The van der Waals surface area contributed by atoms with E-state index < -0.39 is 5.97 Å². The Morgan fingerprint density at radius 2 is 1.89 bits per heavy atom. The van der Waals surface area contributed by atoms with Gasteiger partial charge in [-0.15, -0.1) is 0 Å². The molecule has 19 heavy (non-hydrogen) atoms. The third-order valence-electron chi connectivity index (χ3n) is 2.84. The summed E-state index contributed by atoms with van der Waals surface area (Å²) in [6.07, 6.45) is 0.381. The molecule has 0 radical (unpaired) electrons. The number of aliphatic carboxylic acids is 1. The van der Waals surface area contributed by atoms with E-state index in [2.05, 4.69) is 0 Å². The Morgan fingerprint density at radius 3 is 2.42 bits per heavy atom. The van der Waals surface area contributed by atoms with Crippen LogP contribution in [0.5, 0.6) is 0 Å². The first-order valence-corrected chi connectivity index (χ1v) is 6.49. The molecule has 1 aromatic carbocycles. The van der Waals surface area contributed by atoms with E-state index in [9.17, 15) is 9.59 Å². The lowest BCUT2D eigenvalue weighted by Gasteiger charge is -2.24. The van der Waals surface area contributed by atoms with E-state index in [1.165, 1.54) is 0 Å². The summed E-state index contributed by atoms with van der Waals surface area (Å²) >= 11 is 0. The predicted octanol–water partition coefficient (Wildman–Crippen LogP) is 2.85. The zero-order valence-corrected chi connectivity index (χ0v) is 11.7. The van der Waals surface area contributed by atoms with Crippen molar-refractivity contribution in [3.05, 3.63) is 29.8 Å². The summed E-state index contributed by atoms with van der Waals surface area (Å²) in [4.78, 5) is 24.6. The Kier molecular flexibility index (Phi) is 5.55. The summed E-state index contributed by atoms with van der Waals surface area (Å²) in [6.45, 7) is 6.09. The number of benzene rings is 1. The molecule has 0 bridgehead atoms. The average molecular weight is 263 g/mol. The van der Waals surface area contributed by atoms with Crippen LogP contribution in [0, 0.1) is 12.8 Å². The number of carbonyl (C=O) groups is 2. The number of anilines is 1. The van der Waals surface area contributed by atoms with Crippen molar-refractivity contribution in [3.8, 4) is 0 Å². The fourth-order valence-electron chi connectivity index (χ4n) is 1.91. The first kappa shape index (κ1) is 15.2. The summed E-state index contributed by atoms with van der Waals surface area (Å²) in [5, 5.41) is 8.80. The average Bonchev–Trinajstić information content (AvgIpc) is 2.30. The van der Waals surface area contributed by atoms with Gasteiger partial charge in [0.2, 0.25) is 5.91 Å². The van der Waals surface area contributed by atoms with E-state index >= 15 is 0 Å². The Bertz CT molecular complexity index is 454. The summed E-state index contributed by atoms with van der Waals surface area (Å²) in [6, 6.07) is 7.54. The van der Waals surface area contributed by atoms with Crippen LogP contribution in [0.2, 0.25) is 0 Å². The fourth-order valence-corrected chi connectivity index (χ4v) is 1.91. The minimum absolute atomic E-state index is 0.0226. The van der Waals surface area contributed by atoms with E-state index in [4.69, 9.17) is 5.11 Å². The van der Waals surface area contributed by atoms with Gasteiger partial charge in [0, 0.05) is 18.7 Å². The number of carboxylic acid groups (broad SMARTS) is 1. The second kappa shape index (κ2) is 6.92. The molecule has 0 saturated heterocycles. The number of carbonyl (C=O) groups excluding carboxylic acids is 1. The molecular weight excluding hydrogens is 242 g/mol. The van der Waals surface area contributed by atoms with Gasteiger partial charge < -0.3 is 10.0 Å². The number of hydrogen-bond donors (Lipinski definition) is 1. The molecule has 4 nitrogen and oxygen atoms in total. The van der Waals surface area contributed by atoms with Gasteiger partial charge in [-0.05, 0) is 24.5 Å². The zero-order chi connectivity index (χ0) is 14.4. The van der Waals surface area contributed by atoms with Crippen molar-refractivity contribution in [2.45, 2.75) is 33.6 Å². The van der Waals surface area contributed by atoms with Gasteiger partial charge in [-0.2, -0.15) is 0 Å². The summed E-state index contributed by atoms with van der Waals surface area (Å²) in [5.41, 5.74) is 1.78. The second-order valence-corrected chi connectivity index (χ2v) is 5.07. The normalized spacial score (nSPS) is 10.5. The largest absolute Gasteiger partial charge is 0.481 e. The number of carboxylic acids is 1. The molecule has 0 aliphatic rings. The van der Waals surface area contributed by atoms with Crippen molar-refractivity contribution >= 4 is 17.6 Å². The van der Waals surface area contributed by atoms with E-state index in [1.807, 2.05) is 45.0 Å². The van der Waals surface area contributed by atoms with Crippen LogP contribution in [0.15, 0.2) is 24.3 Å². The predicted molar refractivity (Wildman–Crippen MR) is 75.2 cm³/mol. The summed E-state index contributed by atoms with van der Waals surface area (Å²) in [7, 11) is 0. The number of para-hydroxylation sites is 1. The highest BCUT2D eigenvalue weighted by Crippen LogP contribution is 2.21. The Hall–Kier alpha value is -1.84. The van der Waals surface area contributed by atoms with Gasteiger partial charge in [-0.3, -0.25) is 9.59 Å². The fraction of sp³-hybridized carbons (Fsp3) is 0.467. The van der Waals surface area contributed by atoms with Gasteiger partial charge in [0.15, 0.2) is 0 Å². The lowest BCUT2D eigenvalue weighted by Crippen LogP contribution is -2.34. The summed E-state index contributed by atoms with van der Waals surface area (Å²) < 4.78 is 0. The van der Waals surface area contributed by atoms with Crippen LogP contribution < -0.4 is 4.90 Å². The molecule has 1 N–H and O–H groups in total. The van der Waals surface area contributed by atoms with Crippen LogP contribution in [0.4, 0.5) is 5.69 Å². The number of aryl methyl sites for hydroxylation is 1. The van der Waals surface area contributed by atoms with E-state index in [1.54, 1.807) is 4.90 Å². The van der Waals surface area contributed by atoms with Crippen molar-refractivity contribution < 1.29 is 14.7 Å². The maximum Gasteiger partial charge on any atom is 0.305 e. The zero-order valence-electron chi connectivity index (χ0n) is 11.7. The maximum atomic E-state index is 12.3. The van der Waals surface area contributed by atoms with Gasteiger partial charge in [0.25, 0.3) is 0 Å². The molecule has 0 atom stereocenters. The maximum absolute atomic E-state index is 12.3. The molecule has 1 aromatic rings. The highest BCUT2D eigenvalue weighted by Gasteiger charge is 2.19. The number of nitrogens with zero attached hydrogens (tertiary/aromatic N) is 1. The number of hydrogen-bond acceptors (Lipinski definition) is 2. The first-order valence-electron chi connectivity index (χ1n) is 6.49. The van der Waals surface area contributed by atoms with E-state index in [0.717, 1.165) is 11.3 Å². The molecule has 0 unspecified atom stereocenters. The van der Waals surface area contributed by atoms with Crippen LogP contribution >= 0.6 is 0 Å². The van der Waals surface area contributed by atoms with Crippen LogP contribution in [-0.4, -0.2) is 23.5 Å². The molecule has 0 aromatic heterocycles. The highest BCUT2D eigenvalue weighted by atomic mass is 16.4. The molecule has 0 aliphatic heterocycles. The third-order valence-corrected chi connectivity index (χ3v) is 2.84. The molecule has 0 fully saturated rings. The third kappa shape index (κ3) is 4.73. The molecule has 104 valence electrons. The standard InChI is InChI=1S/C15H21NO3/c1-11(2)10-14(17)16(9-8-15(18)19)13-7-5-4-6-12(13)3/h4-7,11H,8-10H2,1-3H3,(H,18,19). The lowest BCUT2D eigenvalue weighted by atomic mass is 10.1. The molecule has 1 rings (SSSR count). The monoisotopic (exact) mass is 263 g/mol. The minimum atomic E-state index is -0.893. The molecule has 1 amide bonds. The number of rotatable bonds is 6. The lowest BCUT2D eigenvalue weighted by molar-refractivity contribution is -0.136. The SMILES string of the molecule is Cc1ccccc1N(CCC(=O)O)C(=O)CC(C)C. The topological polar surface area (TPSA) is 57.6 Å². The molecule has 0 heterocycles. The van der Waals surface area contributed by atoms with Crippen LogP contribution in [-0.2, 0) is 9.59 Å². The van der Waals surface area contributed by atoms with Crippen LogP contribution in [0.25, 0.3) is 0 Å². The van der Waals surface area contributed by atoms with Gasteiger partial charge >= 0.3 is 5.97 Å². The quantitative estimate of drug-likeness (QED) is 0.858. The highest BCUT2D eigenvalue weighted by molar-refractivity contribution is 5.94. The molecule has 4 heteroatoms. The second-order valence-electron chi connectivity index (χ2n) is 5.07. The van der Waals surface area contributed by atoms with Crippen molar-refractivity contribution in [3.63, 3.8) is 0 Å². The Morgan fingerprint density at radius 1 is 1.26 bits per heavy atom. The van der Waals surface area contributed by atoms with Crippen LogP contribution in [0.3, 0.4) is 0 Å². The van der Waals surface area contributed by atoms with Gasteiger partial charge in [0.05, 0.1) is 6.42 Å². The minimum Gasteiger partial charge on any atom is -0.481 e.